The molecule has 120 valence electrons. The van der Waals surface area contributed by atoms with Crippen LogP contribution in [-0.2, 0) is 4.74 Å². The van der Waals surface area contributed by atoms with Crippen molar-refractivity contribution in [2.45, 2.75) is 18.6 Å². The Bertz CT molecular complexity index is 560. The van der Waals surface area contributed by atoms with Gasteiger partial charge in [0.25, 0.3) is 0 Å². The van der Waals surface area contributed by atoms with Crippen LogP contribution >= 0.6 is 11.6 Å². The summed E-state index contributed by atoms with van der Waals surface area (Å²) < 4.78 is 5.43. The number of piperazine rings is 1. The van der Waals surface area contributed by atoms with Gasteiger partial charge in [-0.15, -0.1) is 0 Å². The minimum Gasteiger partial charge on any atom is -0.389 e. The van der Waals surface area contributed by atoms with E-state index in [0.29, 0.717) is 18.2 Å². The second kappa shape index (κ2) is 6.16. The first-order valence-electron chi connectivity index (χ1n) is 7.60. The Morgan fingerprint density at radius 1 is 1.36 bits per heavy atom. The van der Waals surface area contributed by atoms with Crippen LogP contribution in [0.3, 0.4) is 0 Å². The maximum Gasteiger partial charge on any atom is 0.0976 e. The Balaban J connectivity index is 1.68. The van der Waals surface area contributed by atoms with Gasteiger partial charge >= 0.3 is 0 Å². The highest BCUT2D eigenvalue weighted by Gasteiger charge is 2.44. The van der Waals surface area contributed by atoms with Gasteiger partial charge in [-0.1, -0.05) is 17.7 Å². The normalized spacial score (nSPS) is 29.8. The number of anilines is 1. The minimum absolute atomic E-state index is 0.278. The molecule has 0 aromatic heterocycles. The summed E-state index contributed by atoms with van der Waals surface area (Å²) in [5.74, 6) is 0. The fourth-order valence-corrected chi connectivity index (χ4v) is 3.59. The van der Waals surface area contributed by atoms with Gasteiger partial charge in [0.1, 0.15) is 0 Å². The average molecular weight is 324 g/mol. The van der Waals surface area contributed by atoms with Gasteiger partial charge in [-0.05, 0) is 24.6 Å². The molecule has 2 heterocycles. The van der Waals surface area contributed by atoms with E-state index < -0.39 is 6.10 Å². The zero-order valence-electron chi connectivity index (χ0n) is 12.8. The summed E-state index contributed by atoms with van der Waals surface area (Å²) in [4.78, 5) is 4.58. The second-order valence-corrected chi connectivity index (χ2v) is 6.62. The van der Waals surface area contributed by atoms with Gasteiger partial charge in [0.2, 0.25) is 0 Å². The van der Waals surface area contributed by atoms with E-state index in [2.05, 4.69) is 16.7 Å². The molecule has 2 atom stereocenters. The number of rotatable bonds is 3. The Morgan fingerprint density at radius 2 is 2.09 bits per heavy atom. The van der Waals surface area contributed by atoms with Crippen molar-refractivity contribution in [1.82, 2.24) is 4.90 Å². The van der Waals surface area contributed by atoms with Gasteiger partial charge in [0.15, 0.2) is 0 Å². The Kier molecular flexibility index (Phi) is 4.41. The molecule has 0 bridgehead atoms. The number of aliphatic hydroxyl groups is 1. The van der Waals surface area contributed by atoms with Crippen molar-refractivity contribution in [2.75, 3.05) is 44.3 Å². The minimum atomic E-state index is -0.422. The summed E-state index contributed by atoms with van der Waals surface area (Å²) in [5.41, 5.74) is 1.55. The van der Waals surface area contributed by atoms with E-state index in [0.717, 1.165) is 37.4 Å². The number of benzene rings is 1. The highest BCUT2D eigenvalue weighted by Crippen LogP contribution is 2.31. The van der Waals surface area contributed by atoms with E-state index in [1.165, 1.54) is 6.21 Å². The number of hydrogen-bond donors (Lipinski definition) is 2. The van der Waals surface area contributed by atoms with Crippen LogP contribution in [0.25, 0.3) is 0 Å². The lowest BCUT2D eigenvalue weighted by Gasteiger charge is -2.45. The molecule has 1 aromatic carbocycles. The van der Waals surface area contributed by atoms with Crippen LogP contribution in [0.1, 0.15) is 12.5 Å². The summed E-state index contributed by atoms with van der Waals surface area (Å²) in [5, 5.41) is 18.1. The molecule has 1 aromatic rings. The van der Waals surface area contributed by atoms with E-state index >= 15 is 0 Å². The highest BCUT2D eigenvalue weighted by atomic mass is 35.5. The molecule has 2 aliphatic rings. The lowest BCUT2D eigenvalue weighted by Crippen LogP contribution is -2.60. The fourth-order valence-electron chi connectivity index (χ4n) is 3.28. The molecule has 22 heavy (non-hydrogen) atoms. The molecule has 2 saturated heterocycles. The molecule has 2 unspecified atom stereocenters. The lowest BCUT2D eigenvalue weighted by molar-refractivity contribution is 0.00883. The molecule has 0 spiro atoms. The van der Waals surface area contributed by atoms with Gasteiger partial charge < -0.3 is 20.2 Å². The maximum atomic E-state index is 10.2. The predicted molar refractivity (Wildman–Crippen MR) is 88.4 cm³/mol. The molecule has 0 saturated carbocycles. The third-order valence-electron chi connectivity index (χ3n) is 4.87. The van der Waals surface area contributed by atoms with Crippen molar-refractivity contribution in [2.24, 2.45) is 0 Å². The zero-order chi connectivity index (χ0) is 15.7. The molecular formula is C16H22ClN3O2. The van der Waals surface area contributed by atoms with Crippen molar-refractivity contribution in [3.63, 3.8) is 0 Å². The molecule has 2 N–H and O–H groups in total. The van der Waals surface area contributed by atoms with Crippen LogP contribution in [0.5, 0.6) is 0 Å². The standard InChI is InChI=1S/C16H22ClN3O2/c1-16(11-22-10-15(16)21)20-6-4-19(5-7-20)14-3-2-12(9-18)8-13(14)17/h2-3,8-9,15,18,21H,4-7,10-11H2,1H3. The van der Waals surface area contributed by atoms with E-state index in [-0.39, 0.29) is 5.54 Å². The molecule has 3 rings (SSSR count). The van der Waals surface area contributed by atoms with Gasteiger partial charge in [-0.25, -0.2) is 0 Å². The number of aliphatic hydroxyl groups excluding tert-OH is 1. The molecule has 0 aliphatic carbocycles. The number of halogens is 1. The Morgan fingerprint density at radius 3 is 2.64 bits per heavy atom. The van der Waals surface area contributed by atoms with Crippen molar-refractivity contribution < 1.29 is 9.84 Å². The van der Waals surface area contributed by atoms with Crippen molar-refractivity contribution in [3.8, 4) is 0 Å². The third-order valence-corrected chi connectivity index (χ3v) is 5.17. The summed E-state index contributed by atoms with van der Waals surface area (Å²) >= 11 is 6.34. The summed E-state index contributed by atoms with van der Waals surface area (Å²) in [6, 6.07) is 5.72. The molecule has 6 heteroatoms. The molecule has 2 aliphatic heterocycles. The number of nitrogens with one attached hydrogen (secondary N) is 1. The van der Waals surface area contributed by atoms with Crippen molar-refractivity contribution >= 4 is 23.5 Å². The van der Waals surface area contributed by atoms with Crippen LogP contribution in [0, 0.1) is 5.41 Å². The van der Waals surface area contributed by atoms with Gasteiger partial charge in [-0.3, -0.25) is 4.90 Å². The van der Waals surface area contributed by atoms with Gasteiger partial charge in [0, 0.05) is 32.4 Å². The molecule has 0 amide bonds. The quantitative estimate of drug-likeness (QED) is 0.830. The van der Waals surface area contributed by atoms with E-state index in [1.807, 2.05) is 18.2 Å². The Hall–Kier alpha value is -1.14. The number of ether oxygens (including phenoxy) is 1. The maximum absolute atomic E-state index is 10.2. The second-order valence-electron chi connectivity index (χ2n) is 6.22. The molecule has 2 fully saturated rings. The summed E-state index contributed by atoms with van der Waals surface area (Å²) in [7, 11) is 0. The Labute approximate surface area is 135 Å². The van der Waals surface area contributed by atoms with E-state index in [9.17, 15) is 5.11 Å². The largest absolute Gasteiger partial charge is 0.389 e. The lowest BCUT2D eigenvalue weighted by atomic mass is 9.95. The van der Waals surface area contributed by atoms with Crippen LogP contribution in [0.4, 0.5) is 5.69 Å². The highest BCUT2D eigenvalue weighted by molar-refractivity contribution is 6.33. The van der Waals surface area contributed by atoms with Crippen LogP contribution in [0.2, 0.25) is 5.02 Å². The average Bonchev–Trinajstić information content (AvgIpc) is 2.88. The topological polar surface area (TPSA) is 59.8 Å². The number of nitrogens with zero attached hydrogens (tertiary/aromatic N) is 2. The zero-order valence-corrected chi connectivity index (χ0v) is 13.5. The fraction of sp³-hybridized carbons (Fsp3) is 0.562. The first-order chi connectivity index (χ1) is 10.5. The first-order valence-corrected chi connectivity index (χ1v) is 7.98. The van der Waals surface area contributed by atoms with E-state index in [4.69, 9.17) is 21.7 Å². The molecule has 5 nitrogen and oxygen atoms in total. The molecule has 0 radical (unpaired) electrons. The SMILES string of the molecule is CC1(N2CCN(c3ccc(C=N)cc3Cl)CC2)COCC1O. The number of hydrogen-bond acceptors (Lipinski definition) is 5. The van der Waals surface area contributed by atoms with E-state index in [1.54, 1.807) is 0 Å². The van der Waals surface area contributed by atoms with Crippen LogP contribution in [-0.4, -0.2) is 67.3 Å². The smallest absolute Gasteiger partial charge is 0.0976 e. The molecular weight excluding hydrogens is 302 g/mol. The van der Waals surface area contributed by atoms with Crippen molar-refractivity contribution in [1.29, 1.82) is 5.41 Å². The van der Waals surface area contributed by atoms with Crippen molar-refractivity contribution in [3.05, 3.63) is 28.8 Å². The summed E-state index contributed by atoms with van der Waals surface area (Å²) in [6.45, 7) is 6.57. The predicted octanol–water partition coefficient (Wildman–Crippen LogP) is 1.61. The van der Waals surface area contributed by atoms with Crippen LogP contribution in [0.15, 0.2) is 18.2 Å². The monoisotopic (exact) mass is 323 g/mol. The first kappa shape index (κ1) is 15.7. The summed E-state index contributed by atoms with van der Waals surface area (Å²) in [6.07, 6.45) is 0.880. The van der Waals surface area contributed by atoms with Crippen LogP contribution < -0.4 is 4.90 Å². The van der Waals surface area contributed by atoms with Gasteiger partial charge in [-0.2, -0.15) is 0 Å². The third kappa shape index (κ3) is 2.74. The van der Waals surface area contributed by atoms with Gasteiger partial charge in [0.05, 0.1) is 35.6 Å².